The number of nitrogens with two attached hydrogens (primary N) is 1. The Balaban J connectivity index is 0.00000243. The molecular formula is C17H20ClN3O5. The number of nitrogens with zero attached hydrogens (tertiary/aromatic N) is 1. The highest BCUT2D eigenvalue weighted by molar-refractivity contribution is 5.92. The van der Waals surface area contributed by atoms with E-state index in [1.54, 1.807) is 6.07 Å². The zero-order chi connectivity index (χ0) is 18.0. The zero-order valence-corrected chi connectivity index (χ0v) is 15.2. The number of benzene rings is 1. The molecule has 1 fully saturated rings. The number of halogens is 1. The van der Waals surface area contributed by atoms with Gasteiger partial charge in [-0.2, -0.15) is 14.3 Å². The van der Waals surface area contributed by atoms with Crippen molar-refractivity contribution >= 4 is 11.8 Å². The Labute approximate surface area is 156 Å². The van der Waals surface area contributed by atoms with Crippen molar-refractivity contribution in [3.63, 3.8) is 0 Å². The summed E-state index contributed by atoms with van der Waals surface area (Å²) in [5.41, 5.74) is 7.35. The van der Waals surface area contributed by atoms with Crippen molar-refractivity contribution < 1.29 is 36.0 Å². The van der Waals surface area contributed by atoms with Crippen LogP contribution in [0.1, 0.15) is 27.7 Å². The molecule has 2 aromatic rings. The van der Waals surface area contributed by atoms with Gasteiger partial charge in [0.1, 0.15) is 19.4 Å². The van der Waals surface area contributed by atoms with Crippen molar-refractivity contribution in [1.82, 2.24) is 4.98 Å². The van der Waals surface area contributed by atoms with Crippen LogP contribution in [0.4, 0.5) is 5.82 Å². The second-order valence-corrected chi connectivity index (χ2v) is 5.83. The molecule has 0 spiro atoms. The number of rotatable bonds is 4. The molecule has 0 aliphatic carbocycles. The third-order valence-corrected chi connectivity index (χ3v) is 3.98. The smallest absolute Gasteiger partial charge is 0.499 e. The van der Waals surface area contributed by atoms with Gasteiger partial charge in [-0.05, 0) is 25.0 Å². The lowest BCUT2D eigenvalue weighted by Gasteiger charge is -2.13. The molecule has 3 rings (SSSR count). The van der Waals surface area contributed by atoms with E-state index in [4.69, 9.17) is 19.9 Å². The number of hydrogen-bond acceptors (Lipinski definition) is 6. The molecule has 140 valence electrons. The van der Waals surface area contributed by atoms with Gasteiger partial charge in [-0.15, -0.1) is 0 Å². The van der Waals surface area contributed by atoms with Crippen LogP contribution >= 0.6 is 0 Å². The molecule has 0 bridgehead atoms. The first-order chi connectivity index (χ1) is 12.0. The number of carbonyl (C=O) groups excluding carboxylic acids is 1. The Kier molecular flexibility index (Phi) is 6.36. The maximum absolute atomic E-state index is 12.3. The van der Waals surface area contributed by atoms with E-state index in [0.717, 1.165) is 11.1 Å². The normalized spacial score (nSPS) is 19.0. The molecule has 1 aliphatic rings. The molecule has 0 radical (unpaired) electrons. The van der Waals surface area contributed by atoms with Crippen molar-refractivity contribution in [2.45, 2.75) is 26.4 Å². The van der Waals surface area contributed by atoms with Crippen molar-refractivity contribution in [2.75, 3.05) is 18.9 Å². The summed E-state index contributed by atoms with van der Waals surface area (Å²) in [5.74, 6) is -0.163. The molecule has 0 amide bonds. The van der Waals surface area contributed by atoms with Gasteiger partial charge in [-0.25, -0.2) is 4.79 Å². The van der Waals surface area contributed by atoms with Crippen LogP contribution in [0.15, 0.2) is 35.3 Å². The molecule has 26 heavy (non-hydrogen) atoms. The van der Waals surface area contributed by atoms with Gasteiger partial charge in [0.25, 0.3) is 0 Å². The van der Waals surface area contributed by atoms with Gasteiger partial charge in [0.2, 0.25) is 6.23 Å². The predicted octanol–water partition coefficient (Wildman–Crippen LogP) is -2.41. The standard InChI is InChI=1S/C17H19N3O5.ClH/c1-10-4-3-5-11(2)15(10)16(21)24-9-14-23-8-13(25-14)20-7-6-12(18)19-17(20)22;/h3-7,13-14H,8-9H2,1-2H3,(H2,18,19,22);1H/t13-,14-;/m0./s1. The van der Waals surface area contributed by atoms with Gasteiger partial charge < -0.3 is 32.4 Å². The van der Waals surface area contributed by atoms with Crippen molar-refractivity contribution in [3.8, 4) is 0 Å². The predicted molar refractivity (Wildman–Crippen MR) is 87.7 cm³/mol. The maximum atomic E-state index is 12.3. The molecule has 0 saturated carbocycles. The van der Waals surface area contributed by atoms with E-state index in [9.17, 15) is 9.59 Å². The zero-order valence-electron chi connectivity index (χ0n) is 14.4. The van der Waals surface area contributed by atoms with Gasteiger partial charge >= 0.3 is 11.7 Å². The van der Waals surface area contributed by atoms with Crippen LogP contribution in [0.5, 0.6) is 0 Å². The number of carbonyl (C=O) groups is 1. The van der Waals surface area contributed by atoms with Gasteiger partial charge in [0.15, 0.2) is 12.1 Å². The fourth-order valence-electron chi connectivity index (χ4n) is 2.71. The molecule has 2 heterocycles. The number of nitrogens with one attached hydrogen (secondary N) is 1. The first-order valence-electron chi connectivity index (χ1n) is 7.86. The third kappa shape index (κ3) is 4.21. The Hall–Kier alpha value is -2.42. The van der Waals surface area contributed by atoms with Gasteiger partial charge in [0.05, 0.1) is 5.56 Å². The number of aromatic nitrogens is 2. The lowest BCUT2D eigenvalue weighted by molar-refractivity contribution is -0.771. The summed E-state index contributed by atoms with van der Waals surface area (Å²) in [6.07, 6.45) is 0.184. The lowest BCUT2D eigenvalue weighted by atomic mass is 10.0. The number of H-pyrrole nitrogens is 1. The fraction of sp³-hybridized carbons (Fsp3) is 0.353. The Morgan fingerprint density at radius 1 is 1.35 bits per heavy atom. The SMILES string of the molecule is Cc1cccc(C)c1C(=O)OC[C@H]1OC[C@@H]([n+]2ccc(N)[nH]c2=O)O1.[Cl-]. The highest BCUT2D eigenvalue weighted by Gasteiger charge is 2.33. The third-order valence-electron chi connectivity index (χ3n) is 3.98. The largest absolute Gasteiger partial charge is 1.00 e. The number of nitrogen functional groups attached to an aromatic ring is 1. The van der Waals surface area contributed by atoms with E-state index >= 15 is 0 Å². The first kappa shape index (κ1) is 19.9. The minimum absolute atomic E-state index is 0. The van der Waals surface area contributed by atoms with Crippen molar-refractivity contribution in [3.05, 3.63) is 57.6 Å². The molecule has 1 aromatic heterocycles. The average Bonchev–Trinajstić information content (AvgIpc) is 3.01. The lowest BCUT2D eigenvalue weighted by Crippen LogP contribution is -3.00. The number of esters is 1. The van der Waals surface area contributed by atoms with Crippen LogP contribution in [0.25, 0.3) is 0 Å². The van der Waals surface area contributed by atoms with E-state index in [1.165, 1.54) is 10.8 Å². The highest BCUT2D eigenvalue weighted by Crippen LogP contribution is 2.18. The van der Waals surface area contributed by atoms with Crippen molar-refractivity contribution in [1.29, 1.82) is 0 Å². The summed E-state index contributed by atoms with van der Waals surface area (Å²) in [4.78, 5) is 26.6. The maximum Gasteiger partial charge on any atom is 0.499 e. The quantitative estimate of drug-likeness (QED) is 0.451. The number of aromatic amines is 1. The number of anilines is 1. The second kappa shape index (κ2) is 8.31. The molecular weight excluding hydrogens is 362 g/mol. The van der Waals surface area contributed by atoms with Gasteiger partial charge in [0, 0.05) is 6.07 Å². The summed E-state index contributed by atoms with van der Waals surface area (Å²) in [6.45, 7) is 3.82. The van der Waals surface area contributed by atoms with E-state index in [1.807, 2.05) is 32.0 Å². The molecule has 3 N–H and O–H groups in total. The van der Waals surface area contributed by atoms with Gasteiger partial charge in [-0.3, -0.25) is 0 Å². The summed E-state index contributed by atoms with van der Waals surface area (Å²) >= 11 is 0. The Morgan fingerprint density at radius 3 is 2.69 bits per heavy atom. The van der Waals surface area contributed by atoms with Gasteiger partial charge in [-0.1, -0.05) is 18.2 Å². The van der Waals surface area contributed by atoms with Crippen LogP contribution in [0.3, 0.4) is 0 Å². The topological polar surface area (TPSA) is 108 Å². The van der Waals surface area contributed by atoms with Crippen LogP contribution in [0, 0.1) is 13.8 Å². The summed E-state index contributed by atoms with van der Waals surface area (Å²) in [7, 11) is 0. The second-order valence-electron chi connectivity index (χ2n) is 5.83. The van der Waals surface area contributed by atoms with Crippen LogP contribution in [0.2, 0.25) is 0 Å². The number of aryl methyl sites for hydroxylation is 2. The monoisotopic (exact) mass is 381 g/mol. The van der Waals surface area contributed by atoms with Crippen LogP contribution in [-0.2, 0) is 14.2 Å². The minimum atomic E-state index is -0.734. The van der Waals surface area contributed by atoms with Crippen LogP contribution < -0.4 is 28.4 Å². The molecule has 1 aromatic carbocycles. The molecule has 1 saturated heterocycles. The van der Waals surface area contributed by atoms with E-state index in [2.05, 4.69) is 4.98 Å². The number of hydrogen-bond donors (Lipinski definition) is 2. The summed E-state index contributed by atoms with van der Waals surface area (Å²) in [6, 6.07) is 7.15. The number of ether oxygens (including phenoxy) is 3. The molecule has 1 aliphatic heterocycles. The molecule has 2 atom stereocenters. The summed E-state index contributed by atoms with van der Waals surface area (Å²) < 4.78 is 17.7. The molecule has 9 heteroatoms. The van der Waals surface area contributed by atoms with E-state index in [0.29, 0.717) is 5.56 Å². The molecule has 0 unspecified atom stereocenters. The minimum Gasteiger partial charge on any atom is -1.00 e. The van der Waals surface area contributed by atoms with Crippen LogP contribution in [-0.4, -0.2) is 30.5 Å². The molecule has 8 nitrogen and oxygen atoms in total. The Bertz CT molecular complexity index is 834. The van der Waals surface area contributed by atoms with Crippen molar-refractivity contribution in [2.24, 2.45) is 0 Å². The fourth-order valence-corrected chi connectivity index (χ4v) is 2.71. The average molecular weight is 382 g/mol. The summed E-state index contributed by atoms with van der Waals surface area (Å²) in [5, 5.41) is 0. The highest BCUT2D eigenvalue weighted by atomic mass is 35.5. The van der Waals surface area contributed by atoms with E-state index in [-0.39, 0.29) is 31.4 Å². The van der Waals surface area contributed by atoms with E-state index < -0.39 is 24.2 Å². The Morgan fingerprint density at radius 2 is 2.04 bits per heavy atom. The first-order valence-corrected chi connectivity index (χ1v) is 7.86.